The predicted molar refractivity (Wildman–Crippen MR) is 58.0 cm³/mol. The third kappa shape index (κ3) is 2.28. The highest BCUT2D eigenvalue weighted by atomic mass is 35.5. The third-order valence-electron chi connectivity index (χ3n) is 2.57. The van der Waals surface area contributed by atoms with Gasteiger partial charge in [-0.1, -0.05) is 11.6 Å². The summed E-state index contributed by atoms with van der Waals surface area (Å²) in [6.07, 6.45) is 1.34. The summed E-state index contributed by atoms with van der Waals surface area (Å²) in [4.78, 5) is 1.15. The Kier molecular flexibility index (Phi) is 3.44. The highest BCUT2D eigenvalue weighted by Crippen LogP contribution is 2.28. The first-order valence-electron chi connectivity index (χ1n) is 4.75. The first-order chi connectivity index (χ1) is 6.77. The van der Waals surface area contributed by atoms with Crippen LogP contribution in [0.25, 0.3) is 0 Å². The molecule has 0 aliphatic carbocycles. The zero-order valence-corrected chi connectivity index (χ0v) is 9.35. The van der Waals surface area contributed by atoms with Crippen molar-refractivity contribution in [2.75, 3.05) is 13.2 Å². The molecule has 1 aromatic rings. The van der Waals surface area contributed by atoms with Crippen LogP contribution in [0.5, 0.6) is 0 Å². The monoisotopic (exact) mass is 232 g/mol. The van der Waals surface area contributed by atoms with Crippen LogP contribution in [0.3, 0.4) is 0 Å². The van der Waals surface area contributed by atoms with Crippen LogP contribution in [-0.2, 0) is 11.2 Å². The maximum Gasteiger partial charge on any atom is 0.0615 e. The van der Waals surface area contributed by atoms with Gasteiger partial charge in [-0.05, 0) is 24.3 Å². The summed E-state index contributed by atoms with van der Waals surface area (Å²) in [5.74, 6) is 0.208. The van der Waals surface area contributed by atoms with Crippen LogP contribution in [0, 0.1) is 5.92 Å². The summed E-state index contributed by atoms with van der Waals surface area (Å²) in [7, 11) is 0. The van der Waals surface area contributed by atoms with Crippen molar-refractivity contribution >= 4 is 22.9 Å². The van der Waals surface area contributed by atoms with Crippen LogP contribution in [0.1, 0.15) is 11.3 Å². The predicted octanol–water partition coefficient (Wildman–Crippen LogP) is 2.34. The molecule has 4 heteroatoms. The Hall–Kier alpha value is -0.0900. The van der Waals surface area contributed by atoms with Gasteiger partial charge in [0, 0.05) is 17.4 Å². The molecule has 0 saturated carbocycles. The second-order valence-electron chi connectivity index (χ2n) is 3.59. The van der Waals surface area contributed by atoms with E-state index in [4.69, 9.17) is 16.3 Å². The Morgan fingerprint density at radius 3 is 3.14 bits per heavy atom. The summed E-state index contributed by atoms with van der Waals surface area (Å²) in [5.41, 5.74) is 0. The summed E-state index contributed by atoms with van der Waals surface area (Å²) in [5, 5.41) is 12.5. The molecule has 1 saturated heterocycles. The van der Waals surface area contributed by atoms with Crippen molar-refractivity contribution in [3.63, 3.8) is 0 Å². The van der Waals surface area contributed by atoms with E-state index in [2.05, 4.69) is 0 Å². The molecule has 1 fully saturated rings. The van der Waals surface area contributed by atoms with Gasteiger partial charge < -0.3 is 9.84 Å². The molecule has 1 aliphatic heterocycles. The summed E-state index contributed by atoms with van der Waals surface area (Å²) >= 11 is 7.64. The smallest absolute Gasteiger partial charge is 0.0615 e. The van der Waals surface area contributed by atoms with Crippen molar-refractivity contribution in [2.45, 2.75) is 18.9 Å². The Balaban J connectivity index is 1.99. The van der Waals surface area contributed by atoms with E-state index in [9.17, 15) is 5.11 Å². The standard InChI is InChI=1S/C10H13ClO2S/c11-8-2-4-14-10(8)5-7-6-13-3-1-9(7)12/h2,4,7,9,12H,1,3,5-6H2. The number of rotatable bonds is 2. The molecule has 0 radical (unpaired) electrons. The fraction of sp³-hybridized carbons (Fsp3) is 0.600. The largest absolute Gasteiger partial charge is 0.393 e. The van der Waals surface area contributed by atoms with Crippen molar-refractivity contribution in [1.82, 2.24) is 0 Å². The fourth-order valence-electron chi connectivity index (χ4n) is 1.69. The van der Waals surface area contributed by atoms with Crippen LogP contribution in [0.2, 0.25) is 5.02 Å². The minimum Gasteiger partial charge on any atom is -0.393 e. The van der Waals surface area contributed by atoms with E-state index in [0.29, 0.717) is 13.2 Å². The number of ether oxygens (including phenoxy) is 1. The number of thiophene rings is 1. The lowest BCUT2D eigenvalue weighted by atomic mass is 9.95. The SMILES string of the molecule is OC1CCOCC1Cc1sccc1Cl. The third-order valence-corrected chi connectivity index (χ3v) is 3.98. The van der Waals surface area contributed by atoms with E-state index in [1.807, 2.05) is 11.4 Å². The van der Waals surface area contributed by atoms with E-state index in [1.165, 1.54) is 0 Å². The first kappa shape index (κ1) is 10.4. The molecule has 2 unspecified atom stereocenters. The second-order valence-corrected chi connectivity index (χ2v) is 4.99. The Labute approximate surface area is 92.5 Å². The van der Waals surface area contributed by atoms with Crippen LogP contribution >= 0.6 is 22.9 Å². The Bertz CT molecular complexity index is 300. The molecule has 0 bridgehead atoms. The van der Waals surface area contributed by atoms with Crippen LogP contribution < -0.4 is 0 Å². The minimum atomic E-state index is -0.234. The number of hydrogen-bond donors (Lipinski definition) is 1. The molecule has 14 heavy (non-hydrogen) atoms. The molecule has 0 amide bonds. The zero-order chi connectivity index (χ0) is 9.97. The normalized spacial score (nSPS) is 27.9. The number of hydrogen-bond acceptors (Lipinski definition) is 3. The highest BCUT2D eigenvalue weighted by molar-refractivity contribution is 7.10. The average Bonchev–Trinajstić information content (AvgIpc) is 2.56. The summed E-state index contributed by atoms with van der Waals surface area (Å²) in [6.45, 7) is 1.32. The van der Waals surface area contributed by atoms with Gasteiger partial charge in [-0.3, -0.25) is 0 Å². The quantitative estimate of drug-likeness (QED) is 0.848. The number of aliphatic hydroxyl groups is 1. The van der Waals surface area contributed by atoms with Crippen molar-refractivity contribution in [3.05, 3.63) is 21.3 Å². The molecular weight excluding hydrogens is 220 g/mol. The number of aliphatic hydroxyl groups excluding tert-OH is 1. The lowest BCUT2D eigenvalue weighted by Gasteiger charge is -2.27. The summed E-state index contributed by atoms with van der Waals surface area (Å²) < 4.78 is 5.34. The van der Waals surface area contributed by atoms with Gasteiger partial charge in [-0.2, -0.15) is 0 Å². The van der Waals surface area contributed by atoms with Crippen molar-refractivity contribution in [1.29, 1.82) is 0 Å². The van der Waals surface area contributed by atoms with E-state index in [-0.39, 0.29) is 12.0 Å². The van der Waals surface area contributed by atoms with Gasteiger partial charge in [0.25, 0.3) is 0 Å². The van der Waals surface area contributed by atoms with Gasteiger partial charge >= 0.3 is 0 Å². The van der Waals surface area contributed by atoms with E-state index in [1.54, 1.807) is 11.3 Å². The van der Waals surface area contributed by atoms with Gasteiger partial charge in [0.1, 0.15) is 0 Å². The zero-order valence-electron chi connectivity index (χ0n) is 7.78. The van der Waals surface area contributed by atoms with E-state index < -0.39 is 0 Å². The first-order valence-corrected chi connectivity index (χ1v) is 6.01. The van der Waals surface area contributed by atoms with Crippen LogP contribution in [0.4, 0.5) is 0 Å². The molecular formula is C10H13ClO2S. The molecule has 2 atom stereocenters. The lowest BCUT2D eigenvalue weighted by molar-refractivity contribution is -0.0347. The van der Waals surface area contributed by atoms with Gasteiger partial charge in [-0.25, -0.2) is 0 Å². The molecule has 1 aliphatic rings. The van der Waals surface area contributed by atoms with Gasteiger partial charge in [-0.15, -0.1) is 11.3 Å². The number of halogens is 1. The van der Waals surface area contributed by atoms with Gasteiger partial charge in [0.05, 0.1) is 17.7 Å². The maximum absolute atomic E-state index is 9.74. The molecule has 2 nitrogen and oxygen atoms in total. The average molecular weight is 233 g/mol. The molecule has 2 heterocycles. The molecule has 2 rings (SSSR count). The van der Waals surface area contributed by atoms with Crippen LogP contribution in [0.15, 0.2) is 11.4 Å². The van der Waals surface area contributed by atoms with Gasteiger partial charge in [0.15, 0.2) is 0 Å². The molecule has 0 spiro atoms. The topological polar surface area (TPSA) is 29.5 Å². The molecule has 0 aromatic carbocycles. The molecule has 78 valence electrons. The Morgan fingerprint density at radius 1 is 1.64 bits per heavy atom. The molecule has 1 N–H and O–H groups in total. The van der Waals surface area contributed by atoms with Crippen molar-refractivity contribution in [3.8, 4) is 0 Å². The van der Waals surface area contributed by atoms with Gasteiger partial charge in [0.2, 0.25) is 0 Å². The lowest BCUT2D eigenvalue weighted by Crippen LogP contribution is -2.33. The van der Waals surface area contributed by atoms with Crippen molar-refractivity contribution < 1.29 is 9.84 Å². The fourth-order valence-corrected chi connectivity index (χ4v) is 2.90. The minimum absolute atomic E-state index is 0.208. The highest BCUT2D eigenvalue weighted by Gasteiger charge is 2.24. The summed E-state index contributed by atoms with van der Waals surface area (Å²) in [6, 6.07) is 1.90. The second kappa shape index (κ2) is 4.62. The van der Waals surface area contributed by atoms with E-state index >= 15 is 0 Å². The van der Waals surface area contributed by atoms with E-state index in [0.717, 1.165) is 22.7 Å². The van der Waals surface area contributed by atoms with Crippen LogP contribution in [-0.4, -0.2) is 24.4 Å². The van der Waals surface area contributed by atoms with Crippen molar-refractivity contribution in [2.24, 2.45) is 5.92 Å². The Morgan fingerprint density at radius 2 is 2.50 bits per heavy atom. The molecule has 1 aromatic heterocycles. The maximum atomic E-state index is 9.74.